The molecule has 0 aromatic rings. The third kappa shape index (κ3) is 3.94. The van der Waals surface area contributed by atoms with Gasteiger partial charge in [0.1, 0.15) is 6.04 Å². The molecule has 9 heavy (non-hydrogen) atoms. The highest BCUT2D eigenvalue weighted by Crippen LogP contribution is 1.94. The van der Waals surface area contributed by atoms with E-state index in [-0.39, 0.29) is 6.04 Å². The van der Waals surface area contributed by atoms with Crippen molar-refractivity contribution in [3.8, 4) is 0 Å². The van der Waals surface area contributed by atoms with E-state index in [0.29, 0.717) is 6.54 Å². The van der Waals surface area contributed by atoms with E-state index in [9.17, 15) is 5.21 Å². The Morgan fingerprint density at radius 2 is 2.11 bits per heavy atom. The van der Waals surface area contributed by atoms with Crippen molar-refractivity contribution in [1.29, 1.82) is 0 Å². The normalized spacial score (nSPS) is 15.7. The largest absolute Gasteiger partial charge is 0.600 e. The zero-order chi connectivity index (χ0) is 7.28. The summed E-state index contributed by atoms with van der Waals surface area (Å²) in [6.07, 6.45) is 0.929. The average Bonchev–Trinajstić information content (AvgIpc) is 1.87. The molecule has 0 radical (unpaired) electrons. The Morgan fingerprint density at radius 1 is 1.56 bits per heavy atom. The lowest BCUT2D eigenvalue weighted by molar-refractivity contribution is -0.529. The minimum atomic E-state index is 0.169. The molecule has 0 fully saturated rings. The summed E-state index contributed by atoms with van der Waals surface area (Å²) in [6.45, 7) is 6.18. The summed E-state index contributed by atoms with van der Waals surface area (Å²) in [5.74, 6) is 0. The van der Waals surface area contributed by atoms with Gasteiger partial charge in [-0.05, 0) is 25.4 Å². The van der Waals surface area contributed by atoms with Crippen LogP contribution in [0.4, 0.5) is 0 Å². The molecular formula is C6H14N2O. The van der Waals surface area contributed by atoms with E-state index in [1.165, 1.54) is 0 Å². The summed E-state index contributed by atoms with van der Waals surface area (Å²) in [5.41, 5.74) is 0. The van der Waals surface area contributed by atoms with Gasteiger partial charge in [-0.2, -0.15) is 0 Å². The Morgan fingerprint density at radius 3 is 2.44 bits per heavy atom. The molecular weight excluding hydrogens is 116 g/mol. The molecule has 0 saturated carbocycles. The maximum atomic E-state index is 10.5. The molecule has 0 rings (SSSR count). The minimum Gasteiger partial charge on any atom is -0.600 e. The van der Waals surface area contributed by atoms with Crippen LogP contribution in [0.2, 0.25) is 0 Å². The van der Waals surface area contributed by atoms with Gasteiger partial charge in [0.05, 0.1) is 0 Å². The first-order valence-corrected chi connectivity index (χ1v) is 3.36. The molecule has 0 bridgehead atoms. The molecule has 0 aliphatic rings. The smallest absolute Gasteiger partial charge is 0.177 e. The second kappa shape index (κ2) is 4.30. The van der Waals surface area contributed by atoms with Crippen molar-refractivity contribution in [2.45, 2.75) is 33.2 Å². The predicted octanol–water partition coefficient (Wildman–Crippen LogP) is 1.77. The van der Waals surface area contributed by atoms with Gasteiger partial charge in [0.2, 0.25) is 0 Å². The lowest BCUT2D eigenvalue weighted by atomic mass is 10.3. The molecule has 3 heteroatoms. The Bertz CT molecular complexity index is 101. The molecule has 0 spiro atoms. The molecule has 0 aromatic heterocycles. The Kier molecular flexibility index (Phi) is 4.01. The lowest BCUT2D eigenvalue weighted by Gasteiger charge is -1.99. The van der Waals surface area contributed by atoms with Crippen molar-refractivity contribution in [3.05, 3.63) is 5.21 Å². The number of hydrogen-bond acceptors (Lipinski definition) is 2. The maximum Gasteiger partial charge on any atom is 0.177 e. The van der Waals surface area contributed by atoms with Gasteiger partial charge >= 0.3 is 0 Å². The fourth-order valence-electron chi connectivity index (χ4n) is 0.383. The fraction of sp³-hybridized carbons (Fsp3) is 1.00. The molecule has 0 amide bonds. The maximum absolute atomic E-state index is 10.5. The van der Waals surface area contributed by atoms with Crippen molar-refractivity contribution in [2.75, 3.05) is 6.54 Å². The van der Waals surface area contributed by atoms with Crippen molar-refractivity contribution in [3.63, 3.8) is 0 Å². The van der Waals surface area contributed by atoms with E-state index in [0.717, 1.165) is 11.3 Å². The van der Waals surface area contributed by atoms with Crippen molar-refractivity contribution in [2.24, 2.45) is 5.11 Å². The van der Waals surface area contributed by atoms with Crippen LogP contribution in [-0.4, -0.2) is 17.4 Å². The predicted molar refractivity (Wildman–Crippen MR) is 36.3 cm³/mol. The van der Waals surface area contributed by atoms with Crippen molar-refractivity contribution in [1.82, 2.24) is 0 Å². The van der Waals surface area contributed by atoms with Gasteiger partial charge in [-0.25, -0.2) is 0 Å². The molecule has 3 nitrogen and oxygen atoms in total. The Hall–Kier alpha value is -0.600. The number of hydroxylamine groups is 1. The zero-order valence-electron chi connectivity index (χ0n) is 6.29. The zero-order valence-corrected chi connectivity index (χ0v) is 6.29. The van der Waals surface area contributed by atoms with Crippen LogP contribution in [0.25, 0.3) is 0 Å². The fourth-order valence-corrected chi connectivity index (χ4v) is 0.383. The van der Waals surface area contributed by atoms with E-state index in [1.54, 1.807) is 6.92 Å². The number of azo groups is 1. The molecule has 0 N–H and O–H groups in total. The Balaban J connectivity index is 3.64. The summed E-state index contributed by atoms with van der Waals surface area (Å²) in [6, 6.07) is 0.169. The van der Waals surface area contributed by atoms with Crippen LogP contribution in [0.1, 0.15) is 27.2 Å². The second-order valence-corrected chi connectivity index (χ2v) is 2.04. The molecule has 54 valence electrons. The molecule has 0 saturated heterocycles. The van der Waals surface area contributed by atoms with E-state index in [4.69, 9.17) is 0 Å². The van der Waals surface area contributed by atoms with E-state index in [1.807, 2.05) is 13.8 Å². The van der Waals surface area contributed by atoms with Gasteiger partial charge in [0, 0.05) is 0 Å². The molecule has 0 aliphatic carbocycles. The number of rotatable bonds is 3. The summed E-state index contributed by atoms with van der Waals surface area (Å²) in [5, 5.41) is 14.3. The quantitative estimate of drug-likeness (QED) is 0.326. The highest BCUT2D eigenvalue weighted by atomic mass is 16.5. The van der Waals surface area contributed by atoms with E-state index >= 15 is 0 Å². The third-order valence-electron chi connectivity index (χ3n) is 1.19. The van der Waals surface area contributed by atoms with Gasteiger partial charge < -0.3 is 5.21 Å². The van der Waals surface area contributed by atoms with Crippen LogP contribution >= 0.6 is 0 Å². The summed E-state index contributed by atoms with van der Waals surface area (Å²) in [4.78, 5) is 0.730. The lowest BCUT2D eigenvalue weighted by Crippen LogP contribution is -2.05. The second-order valence-electron chi connectivity index (χ2n) is 2.04. The molecule has 0 aliphatic heterocycles. The molecule has 1 atom stereocenters. The van der Waals surface area contributed by atoms with Crippen LogP contribution in [0.3, 0.4) is 0 Å². The van der Waals surface area contributed by atoms with Gasteiger partial charge in [-0.15, -0.1) is 0 Å². The summed E-state index contributed by atoms with van der Waals surface area (Å²) in [7, 11) is 0. The van der Waals surface area contributed by atoms with E-state index < -0.39 is 0 Å². The van der Waals surface area contributed by atoms with Gasteiger partial charge in [-0.3, -0.25) is 0 Å². The molecule has 0 aromatic carbocycles. The van der Waals surface area contributed by atoms with Gasteiger partial charge in [0.15, 0.2) is 6.54 Å². The highest BCUT2D eigenvalue weighted by Gasteiger charge is 1.97. The first kappa shape index (κ1) is 8.40. The van der Waals surface area contributed by atoms with Crippen LogP contribution < -0.4 is 0 Å². The summed E-state index contributed by atoms with van der Waals surface area (Å²) >= 11 is 0. The van der Waals surface area contributed by atoms with Gasteiger partial charge in [0.25, 0.3) is 0 Å². The van der Waals surface area contributed by atoms with Gasteiger partial charge in [-0.1, -0.05) is 11.8 Å². The van der Waals surface area contributed by atoms with Crippen LogP contribution in [0, 0.1) is 5.21 Å². The first-order chi connectivity index (χ1) is 4.20. The first-order valence-electron chi connectivity index (χ1n) is 3.36. The van der Waals surface area contributed by atoms with Crippen molar-refractivity contribution < 1.29 is 4.86 Å². The minimum absolute atomic E-state index is 0.169. The van der Waals surface area contributed by atoms with Crippen LogP contribution in [0.15, 0.2) is 5.11 Å². The van der Waals surface area contributed by atoms with Crippen molar-refractivity contribution >= 4 is 0 Å². The Labute approximate surface area is 56.0 Å². The van der Waals surface area contributed by atoms with Crippen LogP contribution in [0.5, 0.6) is 0 Å². The topological polar surface area (TPSA) is 38.4 Å². The SMILES string of the molecule is CCC(C)N=[N+]([O-])CC. The summed E-state index contributed by atoms with van der Waals surface area (Å²) < 4.78 is 0. The number of hydrogen-bond donors (Lipinski definition) is 0. The average molecular weight is 130 g/mol. The third-order valence-corrected chi connectivity index (χ3v) is 1.19. The van der Waals surface area contributed by atoms with Crippen LogP contribution in [-0.2, 0) is 0 Å². The monoisotopic (exact) mass is 130 g/mol. The number of nitrogens with zero attached hydrogens (tertiary/aromatic N) is 2. The van der Waals surface area contributed by atoms with E-state index in [2.05, 4.69) is 5.11 Å². The standard InChI is InChI=1S/C6H14N2O/c1-4-6(3)7-8(9)5-2/h6H,4-5H2,1-3H3. The highest BCUT2D eigenvalue weighted by molar-refractivity contribution is 4.47. The molecule has 0 heterocycles. The molecule has 1 unspecified atom stereocenters.